The summed E-state index contributed by atoms with van der Waals surface area (Å²) in [6, 6.07) is 0. The van der Waals surface area contributed by atoms with Crippen LogP contribution in [0.2, 0.25) is 0 Å². The van der Waals surface area contributed by atoms with Crippen LogP contribution in [0.15, 0.2) is 36.6 Å². The molecular formula is C7H9NO2. The van der Waals surface area contributed by atoms with Gasteiger partial charge < -0.3 is 0 Å². The van der Waals surface area contributed by atoms with E-state index in [0.29, 0.717) is 0 Å². The van der Waals surface area contributed by atoms with Gasteiger partial charge in [0.2, 0.25) is 0 Å². The predicted octanol–water partition coefficient (Wildman–Crippen LogP) is 1.91. The van der Waals surface area contributed by atoms with Crippen LogP contribution in [0.1, 0.15) is 6.92 Å². The zero-order chi connectivity index (χ0) is 8.15. The van der Waals surface area contributed by atoms with Crippen molar-refractivity contribution in [3.8, 4) is 0 Å². The van der Waals surface area contributed by atoms with Crippen molar-refractivity contribution < 1.29 is 4.92 Å². The van der Waals surface area contributed by atoms with Crippen LogP contribution in [0.25, 0.3) is 0 Å². The summed E-state index contributed by atoms with van der Waals surface area (Å²) in [7, 11) is 0. The van der Waals surface area contributed by atoms with Crippen molar-refractivity contribution in [3.63, 3.8) is 0 Å². The second-order valence-corrected chi connectivity index (χ2v) is 1.93. The Morgan fingerprint density at radius 1 is 1.50 bits per heavy atom. The van der Waals surface area contributed by atoms with Gasteiger partial charge in [0, 0.05) is 6.08 Å². The fraction of sp³-hybridized carbons (Fsp3) is 0.143. The second kappa shape index (κ2) is 3.61. The van der Waals surface area contributed by atoms with Gasteiger partial charge in [-0.25, -0.2) is 0 Å². The zero-order valence-electron chi connectivity index (χ0n) is 5.83. The Labute approximate surface area is 59.5 Å². The van der Waals surface area contributed by atoms with Gasteiger partial charge >= 0.3 is 0 Å². The molecule has 0 unspecified atom stereocenters. The third kappa shape index (κ3) is 3.60. The van der Waals surface area contributed by atoms with Crippen LogP contribution in [0.4, 0.5) is 0 Å². The van der Waals surface area contributed by atoms with Crippen LogP contribution in [0, 0.1) is 10.1 Å². The Balaban J connectivity index is 4.03. The van der Waals surface area contributed by atoms with Crippen LogP contribution in [0.5, 0.6) is 0 Å². The van der Waals surface area contributed by atoms with Gasteiger partial charge in [0.05, 0.1) is 4.92 Å². The highest BCUT2D eigenvalue weighted by Gasteiger charge is 1.97. The number of hydrogen-bond donors (Lipinski definition) is 0. The van der Waals surface area contributed by atoms with Gasteiger partial charge in [0.15, 0.2) is 0 Å². The van der Waals surface area contributed by atoms with E-state index in [4.69, 9.17) is 0 Å². The molecule has 0 aromatic rings. The number of nitrogens with zero attached hydrogens (tertiary/aromatic N) is 1. The highest BCUT2D eigenvalue weighted by Crippen LogP contribution is 1.96. The van der Waals surface area contributed by atoms with E-state index in [1.807, 2.05) is 0 Å². The Morgan fingerprint density at radius 2 is 2.00 bits per heavy atom. The van der Waals surface area contributed by atoms with Crippen molar-refractivity contribution >= 4 is 0 Å². The summed E-state index contributed by atoms with van der Waals surface area (Å²) in [5, 5.41) is 9.94. The summed E-state index contributed by atoms with van der Waals surface area (Å²) in [5.41, 5.74) is 0.644. The standard InChI is InChI=1S/C7H9NO2/c1-6(2)4-5-7(3)8(9)10/h4-5H,1,3H2,2H3/b5-4-. The molecular weight excluding hydrogens is 130 g/mol. The van der Waals surface area contributed by atoms with Gasteiger partial charge in [-0.15, -0.1) is 0 Å². The zero-order valence-corrected chi connectivity index (χ0v) is 5.83. The average Bonchev–Trinajstić information content (AvgIpc) is 1.82. The number of allylic oxidation sites excluding steroid dienone is 3. The first kappa shape index (κ1) is 8.62. The molecule has 0 N–H and O–H groups in total. The maximum Gasteiger partial charge on any atom is 0.262 e. The van der Waals surface area contributed by atoms with Crippen molar-refractivity contribution in [1.29, 1.82) is 0 Å². The summed E-state index contributed by atoms with van der Waals surface area (Å²) in [5.74, 6) is 0. The normalized spacial score (nSPS) is 9.70. The first-order valence-electron chi connectivity index (χ1n) is 2.71. The molecule has 0 atom stereocenters. The maximum atomic E-state index is 9.94. The molecule has 0 fully saturated rings. The largest absolute Gasteiger partial charge is 0.262 e. The Bertz CT molecular complexity index is 204. The van der Waals surface area contributed by atoms with Gasteiger partial charge in [-0.05, 0) is 13.5 Å². The van der Waals surface area contributed by atoms with Gasteiger partial charge in [-0.1, -0.05) is 18.2 Å². The minimum absolute atomic E-state index is 0.122. The molecule has 0 saturated heterocycles. The van der Waals surface area contributed by atoms with Crippen LogP contribution < -0.4 is 0 Å². The monoisotopic (exact) mass is 139 g/mol. The molecule has 0 spiro atoms. The van der Waals surface area contributed by atoms with E-state index in [9.17, 15) is 10.1 Å². The van der Waals surface area contributed by atoms with Crippen molar-refractivity contribution in [3.05, 3.63) is 46.7 Å². The van der Waals surface area contributed by atoms with Crippen molar-refractivity contribution in [2.24, 2.45) is 0 Å². The molecule has 3 nitrogen and oxygen atoms in total. The van der Waals surface area contributed by atoms with E-state index in [0.717, 1.165) is 5.57 Å². The molecule has 0 saturated carbocycles. The average molecular weight is 139 g/mol. The van der Waals surface area contributed by atoms with Crippen LogP contribution in [-0.4, -0.2) is 4.92 Å². The Hall–Kier alpha value is -1.38. The molecule has 0 aromatic heterocycles. The quantitative estimate of drug-likeness (QED) is 0.340. The molecule has 0 heterocycles. The minimum atomic E-state index is -0.542. The molecule has 0 amide bonds. The summed E-state index contributed by atoms with van der Waals surface area (Å²) in [4.78, 5) is 9.39. The first-order valence-corrected chi connectivity index (χ1v) is 2.71. The molecule has 3 heteroatoms. The molecule has 0 aliphatic rings. The highest BCUT2D eigenvalue weighted by atomic mass is 16.6. The fourth-order valence-electron chi connectivity index (χ4n) is 0.299. The van der Waals surface area contributed by atoms with E-state index in [1.165, 1.54) is 6.08 Å². The highest BCUT2D eigenvalue weighted by molar-refractivity contribution is 5.18. The SMILES string of the molecule is C=C(C)/C=C\C(=C)[N+](=O)[O-]. The fourth-order valence-corrected chi connectivity index (χ4v) is 0.299. The smallest absolute Gasteiger partial charge is 0.258 e. The Kier molecular flexibility index (Phi) is 3.11. The maximum absolute atomic E-state index is 9.94. The van der Waals surface area contributed by atoms with E-state index in [-0.39, 0.29) is 5.70 Å². The number of nitro groups is 1. The van der Waals surface area contributed by atoms with Crippen molar-refractivity contribution in [2.75, 3.05) is 0 Å². The van der Waals surface area contributed by atoms with Gasteiger partial charge in [0.25, 0.3) is 5.70 Å². The summed E-state index contributed by atoms with van der Waals surface area (Å²) in [6.45, 7) is 8.49. The number of hydrogen-bond acceptors (Lipinski definition) is 2. The van der Waals surface area contributed by atoms with Gasteiger partial charge in [0.1, 0.15) is 0 Å². The van der Waals surface area contributed by atoms with Crippen LogP contribution in [0.3, 0.4) is 0 Å². The van der Waals surface area contributed by atoms with E-state index in [2.05, 4.69) is 13.2 Å². The second-order valence-electron chi connectivity index (χ2n) is 1.93. The van der Waals surface area contributed by atoms with Crippen LogP contribution in [-0.2, 0) is 0 Å². The van der Waals surface area contributed by atoms with E-state index < -0.39 is 4.92 Å². The van der Waals surface area contributed by atoms with Gasteiger partial charge in [-0.3, -0.25) is 10.1 Å². The van der Waals surface area contributed by atoms with Crippen molar-refractivity contribution in [2.45, 2.75) is 6.92 Å². The first-order chi connectivity index (χ1) is 4.54. The molecule has 0 aliphatic heterocycles. The van der Waals surface area contributed by atoms with Crippen LogP contribution >= 0.6 is 0 Å². The van der Waals surface area contributed by atoms with E-state index >= 15 is 0 Å². The lowest BCUT2D eigenvalue weighted by atomic mass is 10.3. The Morgan fingerprint density at radius 3 is 2.30 bits per heavy atom. The number of rotatable bonds is 3. The molecule has 0 aromatic carbocycles. The molecule has 0 radical (unpaired) electrons. The minimum Gasteiger partial charge on any atom is -0.258 e. The lowest BCUT2D eigenvalue weighted by molar-refractivity contribution is -0.418. The topological polar surface area (TPSA) is 43.1 Å². The summed E-state index contributed by atoms with van der Waals surface area (Å²) in [6.07, 6.45) is 2.87. The molecule has 0 bridgehead atoms. The third-order valence-corrected chi connectivity index (χ3v) is 0.795. The summed E-state index contributed by atoms with van der Waals surface area (Å²) >= 11 is 0. The lowest BCUT2D eigenvalue weighted by Crippen LogP contribution is -1.91. The van der Waals surface area contributed by atoms with Crippen molar-refractivity contribution in [1.82, 2.24) is 0 Å². The van der Waals surface area contributed by atoms with Gasteiger partial charge in [-0.2, -0.15) is 0 Å². The van der Waals surface area contributed by atoms with E-state index in [1.54, 1.807) is 13.0 Å². The summed E-state index contributed by atoms with van der Waals surface area (Å²) < 4.78 is 0. The molecule has 0 aliphatic carbocycles. The predicted molar refractivity (Wildman–Crippen MR) is 40.1 cm³/mol. The molecule has 10 heavy (non-hydrogen) atoms. The molecule has 0 rings (SSSR count). The third-order valence-electron chi connectivity index (χ3n) is 0.795. The lowest BCUT2D eigenvalue weighted by Gasteiger charge is -1.85. The molecule has 54 valence electrons.